The van der Waals surface area contributed by atoms with Crippen LogP contribution < -0.4 is 11.2 Å². The first-order valence-corrected chi connectivity index (χ1v) is 9.06. The second kappa shape index (κ2) is 6.45. The molecule has 0 aliphatic heterocycles. The van der Waals surface area contributed by atoms with Crippen molar-refractivity contribution in [3.8, 4) is 22.7 Å². The molecule has 29 heavy (non-hydrogen) atoms. The zero-order valence-corrected chi connectivity index (χ0v) is 15.3. The number of nitrogens with one attached hydrogen (secondary N) is 2. The molecule has 0 amide bonds. The molecular weight excluding hydrogens is 364 g/mol. The van der Waals surface area contributed by atoms with E-state index in [1.807, 2.05) is 42.5 Å². The van der Waals surface area contributed by atoms with Crippen LogP contribution in [-0.4, -0.2) is 15.8 Å². The van der Waals surface area contributed by atoms with Gasteiger partial charge in [0.25, 0.3) is 0 Å². The third kappa shape index (κ3) is 2.96. The quantitative estimate of drug-likeness (QED) is 0.320. The molecule has 0 bridgehead atoms. The van der Waals surface area contributed by atoms with E-state index in [1.165, 1.54) is 6.07 Å². The van der Waals surface area contributed by atoms with Gasteiger partial charge in [-0.25, -0.2) is 4.98 Å². The molecule has 0 saturated heterocycles. The summed E-state index contributed by atoms with van der Waals surface area (Å²) in [7, 11) is 0. The van der Waals surface area contributed by atoms with E-state index < -0.39 is 0 Å². The molecule has 2 aromatic heterocycles. The first-order chi connectivity index (χ1) is 14.1. The van der Waals surface area contributed by atoms with Crippen molar-refractivity contribution in [3.05, 3.63) is 88.6 Å². The van der Waals surface area contributed by atoms with Crippen molar-refractivity contribution >= 4 is 27.8 Å². The molecule has 0 spiro atoms. The summed E-state index contributed by atoms with van der Waals surface area (Å²) in [6.45, 7) is 0. The van der Waals surface area contributed by atoms with E-state index in [0.717, 1.165) is 22.2 Å². The molecule has 0 radical (unpaired) electrons. The molecule has 0 atom stereocenters. The molecule has 0 fully saturated rings. The highest BCUT2D eigenvalue weighted by Gasteiger charge is 2.11. The second-order valence-electron chi connectivity index (χ2n) is 6.78. The van der Waals surface area contributed by atoms with Crippen LogP contribution in [0.4, 0.5) is 0 Å². The number of hydrogen-bond acceptors (Lipinski definition) is 4. The summed E-state index contributed by atoms with van der Waals surface area (Å²) in [5, 5.41) is 8.07. The third-order valence-corrected chi connectivity index (χ3v) is 4.85. The number of nitrogens with zero attached hydrogens (tertiary/aromatic N) is 1. The fourth-order valence-corrected chi connectivity index (χ4v) is 3.36. The second-order valence-corrected chi connectivity index (χ2v) is 6.78. The van der Waals surface area contributed by atoms with Crippen molar-refractivity contribution in [1.82, 2.24) is 9.97 Å². The molecule has 0 aliphatic rings. The number of nitrogens with two attached hydrogens (primary N) is 1. The van der Waals surface area contributed by atoms with Crippen LogP contribution in [0.3, 0.4) is 0 Å². The van der Waals surface area contributed by atoms with Crippen LogP contribution in [0.25, 0.3) is 44.7 Å². The van der Waals surface area contributed by atoms with Gasteiger partial charge in [0.15, 0.2) is 5.43 Å². The molecule has 6 heteroatoms. The monoisotopic (exact) mass is 380 g/mol. The predicted octanol–water partition coefficient (Wildman–Crippen LogP) is 4.29. The summed E-state index contributed by atoms with van der Waals surface area (Å²) in [4.78, 5) is 20.5. The molecule has 5 aromatic rings. The standard InChI is InChI=1S/C23H16N4O2/c24-22(25)14-6-8-17-18(11-14)27-23(26-17)15-7-9-20-16(10-15)19(28)12-21(29-20)13-4-2-1-3-5-13/h1-12H,(H3,24,25)(H,26,27). The fourth-order valence-electron chi connectivity index (χ4n) is 3.36. The zero-order chi connectivity index (χ0) is 20.0. The normalized spacial score (nSPS) is 11.2. The van der Waals surface area contributed by atoms with E-state index >= 15 is 0 Å². The molecule has 0 unspecified atom stereocenters. The highest BCUT2D eigenvalue weighted by atomic mass is 16.3. The number of amidine groups is 1. The molecule has 0 aliphatic carbocycles. The third-order valence-electron chi connectivity index (χ3n) is 4.85. The number of imidazole rings is 1. The molecule has 6 nitrogen and oxygen atoms in total. The maximum atomic E-state index is 12.7. The van der Waals surface area contributed by atoms with E-state index in [9.17, 15) is 4.79 Å². The minimum absolute atomic E-state index is 0.000540. The molecular formula is C23H16N4O2. The molecule has 4 N–H and O–H groups in total. The Balaban J connectivity index is 1.61. The van der Waals surface area contributed by atoms with Gasteiger partial charge in [-0.15, -0.1) is 0 Å². The zero-order valence-electron chi connectivity index (χ0n) is 15.3. The van der Waals surface area contributed by atoms with Crippen LogP contribution in [0.2, 0.25) is 0 Å². The maximum absolute atomic E-state index is 12.7. The van der Waals surface area contributed by atoms with E-state index in [2.05, 4.69) is 9.97 Å². The van der Waals surface area contributed by atoms with E-state index in [0.29, 0.717) is 28.1 Å². The van der Waals surface area contributed by atoms with Gasteiger partial charge in [0.1, 0.15) is 23.0 Å². The van der Waals surface area contributed by atoms with E-state index in [-0.39, 0.29) is 11.3 Å². The van der Waals surface area contributed by atoms with Crippen molar-refractivity contribution in [2.24, 2.45) is 5.73 Å². The summed E-state index contributed by atoms with van der Waals surface area (Å²) in [6, 6.07) is 21.8. The Morgan fingerprint density at radius 3 is 2.59 bits per heavy atom. The van der Waals surface area contributed by atoms with Gasteiger partial charge >= 0.3 is 0 Å². The van der Waals surface area contributed by atoms with E-state index in [1.54, 1.807) is 24.3 Å². The number of aromatic nitrogens is 2. The number of hydrogen-bond donors (Lipinski definition) is 3. The Hall–Kier alpha value is -4.19. The van der Waals surface area contributed by atoms with Crippen molar-refractivity contribution < 1.29 is 4.42 Å². The van der Waals surface area contributed by atoms with Crippen LogP contribution in [0.1, 0.15) is 5.56 Å². The number of nitrogen functional groups attached to an aromatic ring is 1. The summed E-state index contributed by atoms with van der Waals surface area (Å²) in [5.74, 6) is 1.17. The van der Waals surface area contributed by atoms with Crippen molar-refractivity contribution in [3.63, 3.8) is 0 Å². The number of rotatable bonds is 3. The minimum Gasteiger partial charge on any atom is -0.456 e. The lowest BCUT2D eigenvalue weighted by Gasteiger charge is -2.04. The van der Waals surface area contributed by atoms with Gasteiger partial charge < -0.3 is 15.1 Å². The van der Waals surface area contributed by atoms with Gasteiger partial charge in [0, 0.05) is 22.8 Å². The molecule has 0 saturated carbocycles. The lowest BCUT2D eigenvalue weighted by Crippen LogP contribution is -2.10. The van der Waals surface area contributed by atoms with Gasteiger partial charge in [-0.3, -0.25) is 10.2 Å². The summed E-state index contributed by atoms with van der Waals surface area (Å²) in [6.07, 6.45) is 0. The molecule has 3 aromatic carbocycles. The first-order valence-electron chi connectivity index (χ1n) is 9.06. The number of aromatic amines is 1. The van der Waals surface area contributed by atoms with Gasteiger partial charge in [0.05, 0.1) is 16.4 Å². The fraction of sp³-hybridized carbons (Fsp3) is 0. The van der Waals surface area contributed by atoms with Crippen molar-refractivity contribution in [2.75, 3.05) is 0 Å². The Bertz CT molecular complexity index is 1450. The van der Waals surface area contributed by atoms with Crippen LogP contribution in [0.5, 0.6) is 0 Å². The lowest BCUT2D eigenvalue weighted by molar-refractivity contribution is 0.619. The summed E-state index contributed by atoms with van der Waals surface area (Å²) >= 11 is 0. The number of fused-ring (bicyclic) bond motifs is 2. The van der Waals surface area contributed by atoms with Gasteiger partial charge in [-0.1, -0.05) is 30.3 Å². The average Bonchev–Trinajstić information content (AvgIpc) is 3.17. The van der Waals surface area contributed by atoms with Crippen LogP contribution in [-0.2, 0) is 0 Å². The van der Waals surface area contributed by atoms with Gasteiger partial charge in [-0.05, 0) is 36.4 Å². The molecule has 5 rings (SSSR count). The van der Waals surface area contributed by atoms with Crippen molar-refractivity contribution in [2.45, 2.75) is 0 Å². The van der Waals surface area contributed by atoms with Crippen LogP contribution in [0, 0.1) is 5.41 Å². The van der Waals surface area contributed by atoms with Gasteiger partial charge in [0.2, 0.25) is 0 Å². The highest BCUT2D eigenvalue weighted by molar-refractivity contribution is 5.98. The smallest absolute Gasteiger partial charge is 0.193 e. The number of benzene rings is 3. The Labute approximate surface area is 165 Å². The topological polar surface area (TPSA) is 109 Å². The SMILES string of the molecule is N=C(N)c1ccc2nc(-c3ccc4oc(-c5ccccc5)cc(=O)c4c3)[nH]c2c1. The lowest BCUT2D eigenvalue weighted by atomic mass is 10.1. The average molecular weight is 380 g/mol. The maximum Gasteiger partial charge on any atom is 0.193 e. The Kier molecular flexibility index (Phi) is 3.77. The summed E-state index contributed by atoms with van der Waals surface area (Å²) < 4.78 is 5.95. The first kappa shape index (κ1) is 16.9. The summed E-state index contributed by atoms with van der Waals surface area (Å²) in [5.41, 5.74) is 9.77. The highest BCUT2D eigenvalue weighted by Crippen LogP contribution is 2.26. The predicted molar refractivity (Wildman–Crippen MR) is 114 cm³/mol. The van der Waals surface area contributed by atoms with Crippen molar-refractivity contribution in [1.29, 1.82) is 5.41 Å². The minimum atomic E-state index is -0.109. The van der Waals surface area contributed by atoms with E-state index in [4.69, 9.17) is 15.6 Å². The molecule has 2 heterocycles. The van der Waals surface area contributed by atoms with Crippen LogP contribution >= 0.6 is 0 Å². The van der Waals surface area contributed by atoms with Crippen LogP contribution in [0.15, 0.2) is 82.0 Å². The van der Waals surface area contributed by atoms with Gasteiger partial charge in [-0.2, -0.15) is 0 Å². The Morgan fingerprint density at radius 1 is 0.966 bits per heavy atom. The Morgan fingerprint density at radius 2 is 1.79 bits per heavy atom. The largest absolute Gasteiger partial charge is 0.456 e. The molecule has 140 valence electrons. The number of H-pyrrole nitrogens is 1.